The van der Waals surface area contributed by atoms with E-state index >= 15 is 0 Å². The average molecular weight is 226 g/mol. The normalized spacial score (nSPS) is 30.5. The molecule has 0 amide bonds. The number of rotatable bonds is 3. The molecule has 2 unspecified atom stereocenters. The summed E-state index contributed by atoms with van der Waals surface area (Å²) in [5.74, 6) is 0.478. The highest BCUT2D eigenvalue weighted by atomic mass is 16.7. The van der Waals surface area contributed by atoms with Crippen molar-refractivity contribution in [3.05, 3.63) is 12.2 Å². The molecule has 3 heteroatoms. The molecule has 1 aliphatic rings. The van der Waals surface area contributed by atoms with Crippen LogP contribution in [0.25, 0.3) is 0 Å². The Balaban J connectivity index is 2.97. The first-order chi connectivity index (χ1) is 7.42. The zero-order valence-electron chi connectivity index (χ0n) is 10.5. The molecule has 0 aromatic heterocycles. The summed E-state index contributed by atoms with van der Waals surface area (Å²) in [4.78, 5) is 10.9. The average Bonchev–Trinajstić information content (AvgIpc) is 2.19. The number of hydrogen-bond acceptors (Lipinski definition) is 2. The van der Waals surface area contributed by atoms with E-state index in [1.54, 1.807) is 0 Å². The summed E-state index contributed by atoms with van der Waals surface area (Å²) in [5.41, 5.74) is 0.707. The minimum atomic E-state index is -1.15. The second-order valence-electron chi connectivity index (χ2n) is 5.04. The fourth-order valence-corrected chi connectivity index (χ4v) is 2.86. The lowest BCUT2D eigenvalue weighted by atomic mass is 9.67. The highest BCUT2D eigenvalue weighted by molar-refractivity contribution is 5.57. The summed E-state index contributed by atoms with van der Waals surface area (Å²) >= 11 is 0. The van der Waals surface area contributed by atoms with Crippen molar-refractivity contribution in [3.63, 3.8) is 0 Å². The molecule has 2 atom stereocenters. The summed E-state index contributed by atoms with van der Waals surface area (Å²) in [7, 11) is 0. The van der Waals surface area contributed by atoms with Crippen LogP contribution in [-0.4, -0.2) is 16.9 Å². The molecular formula is C13H22O3. The molecule has 92 valence electrons. The van der Waals surface area contributed by atoms with Crippen LogP contribution in [0.1, 0.15) is 46.5 Å². The van der Waals surface area contributed by atoms with Crippen molar-refractivity contribution in [3.8, 4) is 0 Å². The molecule has 1 saturated carbocycles. The van der Waals surface area contributed by atoms with E-state index in [9.17, 15) is 4.79 Å². The van der Waals surface area contributed by atoms with Crippen molar-refractivity contribution in [1.82, 2.24) is 0 Å². The predicted molar refractivity (Wildman–Crippen MR) is 63.5 cm³/mol. The van der Waals surface area contributed by atoms with Gasteiger partial charge >= 0.3 is 6.16 Å². The summed E-state index contributed by atoms with van der Waals surface area (Å²) in [6, 6.07) is 0. The van der Waals surface area contributed by atoms with Crippen molar-refractivity contribution in [1.29, 1.82) is 0 Å². The van der Waals surface area contributed by atoms with E-state index in [0.29, 0.717) is 0 Å². The van der Waals surface area contributed by atoms with Crippen LogP contribution in [-0.2, 0) is 4.74 Å². The van der Waals surface area contributed by atoms with Crippen molar-refractivity contribution >= 4 is 6.16 Å². The first-order valence-corrected chi connectivity index (χ1v) is 6.01. The van der Waals surface area contributed by atoms with Gasteiger partial charge in [-0.25, -0.2) is 4.79 Å². The molecular weight excluding hydrogens is 204 g/mol. The fourth-order valence-electron chi connectivity index (χ4n) is 2.86. The maximum Gasteiger partial charge on any atom is 0.506 e. The molecule has 0 aromatic rings. The molecule has 0 aliphatic heterocycles. The Morgan fingerprint density at radius 2 is 2.31 bits per heavy atom. The van der Waals surface area contributed by atoms with Gasteiger partial charge in [-0.15, -0.1) is 0 Å². The minimum absolute atomic E-state index is 0.210. The van der Waals surface area contributed by atoms with E-state index in [1.807, 2.05) is 13.8 Å². The summed E-state index contributed by atoms with van der Waals surface area (Å²) in [6.07, 6.45) is 2.32. The Bertz CT molecular complexity index is 283. The highest BCUT2D eigenvalue weighted by Gasteiger charge is 2.46. The third-order valence-electron chi connectivity index (χ3n) is 3.84. The Kier molecular flexibility index (Phi) is 4.00. The van der Waals surface area contributed by atoms with Crippen LogP contribution in [0.2, 0.25) is 0 Å². The summed E-state index contributed by atoms with van der Waals surface area (Å²) < 4.78 is 5.27. The maximum absolute atomic E-state index is 10.9. The van der Waals surface area contributed by atoms with Crippen LogP contribution in [0.15, 0.2) is 12.2 Å². The van der Waals surface area contributed by atoms with E-state index in [0.717, 1.165) is 25.7 Å². The molecule has 1 fully saturated rings. The lowest BCUT2D eigenvalue weighted by molar-refractivity contribution is -0.101. The quantitative estimate of drug-likeness (QED) is 0.587. The van der Waals surface area contributed by atoms with Crippen LogP contribution >= 0.6 is 0 Å². The van der Waals surface area contributed by atoms with Gasteiger partial charge < -0.3 is 9.84 Å². The van der Waals surface area contributed by atoms with Crippen LogP contribution in [0.5, 0.6) is 0 Å². The Morgan fingerprint density at radius 3 is 2.75 bits per heavy atom. The standard InChI is InChI=1S/C13H22O3/c1-5-11-8-10(4)6-7-13(11,9(2)3)16-12(14)15/h9,11H,4-8H2,1-3H3,(H,14,15). The first kappa shape index (κ1) is 13.1. The Morgan fingerprint density at radius 1 is 1.69 bits per heavy atom. The number of ether oxygens (including phenoxy) is 1. The predicted octanol–water partition coefficient (Wildman–Crippen LogP) is 3.84. The van der Waals surface area contributed by atoms with Crippen LogP contribution in [0.3, 0.4) is 0 Å². The topological polar surface area (TPSA) is 46.5 Å². The van der Waals surface area contributed by atoms with Gasteiger partial charge in [-0.1, -0.05) is 32.9 Å². The van der Waals surface area contributed by atoms with Gasteiger partial charge in [0.05, 0.1) is 0 Å². The number of allylic oxidation sites excluding steroid dienone is 1. The molecule has 1 rings (SSSR count). The lowest BCUT2D eigenvalue weighted by Gasteiger charge is -2.46. The largest absolute Gasteiger partial charge is 0.506 e. The molecule has 0 bridgehead atoms. The Hall–Kier alpha value is -0.990. The van der Waals surface area contributed by atoms with Gasteiger partial charge in [0.1, 0.15) is 5.60 Å². The molecule has 1 aliphatic carbocycles. The third kappa shape index (κ3) is 2.39. The smallest absolute Gasteiger partial charge is 0.450 e. The summed E-state index contributed by atoms with van der Waals surface area (Å²) in [6.45, 7) is 10.2. The zero-order valence-corrected chi connectivity index (χ0v) is 10.5. The number of hydrogen-bond donors (Lipinski definition) is 1. The van der Waals surface area contributed by atoms with Crippen LogP contribution in [0.4, 0.5) is 4.79 Å². The van der Waals surface area contributed by atoms with E-state index in [2.05, 4.69) is 13.5 Å². The van der Waals surface area contributed by atoms with Gasteiger partial charge in [-0.3, -0.25) is 0 Å². The van der Waals surface area contributed by atoms with Gasteiger partial charge in [0.15, 0.2) is 0 Å². The number of carboxylic acid groups (broad SMARTS) is 1. The molecule has 0 aromatic carbocycles. The summed E-state index contributed by atoms with van der Waals surface area (Å²) in [5, 5.41) is 8.91. The zero-order chi connectivity index (χ0) is 12.3. The molecule has 0 radical (unpaired) electrons. The molecule has 0 saturated heterocycles. The second kappa shape index (κ2) is 4.89. The van der Waals surface area contributed by atoms with Crippen molar-refractivity contribution in [2.24, 2.45) is 11.8 Å². The minimum Gasteiger partial charge on any atom is -0.450 e. The molecule has 1 N–H and O–H groups in total. The second-order valence-corrected chi connectivity index (χ2v) is 5.04. The Labute approximate surface area is 97.5 Å². The monoisotopic (exact) mass is 226 g/mol. The number of carbonyl (C=O) groups is 1. The SMILES string of the molecule is C=C1CCC(OC(=O)O)(C(C)C)C(CC)C1. The van der Waals surface area contributed by atoms with Gasteiger partial charge in [0.25, 0.3) is 0 Å². The maximum atomic E-state index is 10.9. The molecule has 3 nitrogen and oxygen atoms in total. The van der Waals surface area contributed by atoms with E-state index in [4.69, 9.17) is 9.84 Å². The highest BCUT2D eigenvalue weighted by Crippen LogP contribution is 2.45. The van der Waals surface area contributed by atoms with E-state index < -0.39 is 11.8 Å². The molecule has 16 heavy (non-hydrogen) atoms. The van der Waals surface area contributed by atoms with Gasteiger partial charge in [0, 0.05) is 5.92 Å². The van der Waals surface area contributed by atoms with Crippen molar-refractivity contribution < 1.29 is 14.6 Å². The van der Waals surface area contributed by atoms with Crippen molar-refractivity contribution in [2.75, 3.05) is 0 Å². The molecule has 0 heterocycles. The van der Waals surface area contributed by atoms with Crippen LogP contribution < -0.4 is 0 Å². The van der Waals surface area contributed by atoms with E-state index in [1.165, 1.54) is 5.57 Å². The fraction of sp³-hybridized carbons (Fsp3) is 0.769. The molecule has 0 spiro atoms. The van der Waals surface area contributed by atoms with Crippen molar-refractivity contribution in [2.45, 2.75) is 52.1 Å². The first-order valence-electron chi connectivity index (χ1n) is 6.01. The van der Waals surface area contributed by atoms with Gasteiger partial charge in [0.2, 0.25) is 0 Å². The van der Waals surface area contributed by atoms with Crippen LogP contribution in [0, 0.1) is 11.8 Å². The third-order valence-corrected chi connectivity index (χ3v) is 3.84. The van der Waals surface area contributed by atoms with Gasteiger partial charge in [-0.2, -0.15) is 0 Å². The van der Waals surface area contributed by atoms with E-state index in [-0.39, 0.29) is 11.8 Å². The van der Waals surface area contributed by atoms with Gasteiger partial charge in [-0.05, 0) is 31.6 Å². The lowest BCUT2D eigenvalue weighted by Crippen LogP contribution is -2.49.